The Morgan fingerprint density at radius 1 is 1.29 bits per heavy atom. The number of hydrogen-bond acceptors (Lipinski definition) is 4. The maximum Gasteiger partial charge on any atom is 0.171 e. The molecule has 0 fully saturated rings. The molecule has 0 aliphatic carbocycles. The lowest BCUT2D eigenvalue weighted by molar-refractivity contribution is 0.596. The first-order valence-corrected chi connectivity index (χ1v) is 6.61. The number of nitrogens with one attached hydrogen (secondary N) is 2. The minimum Gasteiger partial charge on any atom is -0.362 e. The second-order valence-corrected chi connectivity index (χ2v) is 4.48. The number of thiocarbonyl (C=S) groups is 1. The van der Waals surface area contributed by atoms with E-state index in [1.165, 1.54) is 6.07 Å². The first-order valence-electron chi connectivity index (χ1n) is 6.20. The lowest BCUT2D eigenvalue weighted by Crippen LogP contribution is -2.31. The first kappa shape index (κ1) is 14.8. The molecule has 2 N–H and O–H groups in total. The van der Waals surface area contributed by atoms with Gasteiger partial charge in [0, 0.05) is 25.4 Å². The van der Waals surface area contributed by atoms with Gasteiger partial charge in [-0.15, -0.1) is 0 Å². The molecule has 0 spiro atoms. The highest BCUT2D eigenvalue weighted by Crippen LogP contribution is 2.09. The number of rotatable bonds is 4. The molecule has 106 valence electrons. The van der Waals surface area contributed by atoms with E-state index in [0.29, 0.717) is 35.2 Å². The summed E-state index contributed by atoms with van der Waals surface area (Å²) in [4.78, 5) is 7.99. The number of aromatic nitrogens is 2. The summed E-state index contributed by atoms with van der Waals surface area (Å²) in [5.74, 6) is 0.0520. The molecule has 0 aliphatic rings. The van der Waals surface area contributed by atoms with E-state index in [1.54, 1.807) is 30.6 Å². The molecule has 2 aromatic rings. The molecule has 0 saturated heterocycles. The van der Waals surface area contributed by atoms with Crippen molar-refractivity contribution < 1.29 is 4.39 Å². The van der Waals surface area contributed by atoms with Crippen LogP contribution >= 0.6 is 12.2 Å². The quantitative estimate of drug-likeness (QED) is 0.842. The monoisotopic (exact) mass is 301 g/mol. The van der Waals surface area contributed by atoms with Crippen LogP contribution in [0.3, 0.4) is 0 Å². The third-order valence-corrected chi connectivity index (χ3v) is 2.89. The average molecular weight is 301 g/mol. The number of anilines is 1. The van der Waals surface area contributed by atoms with Crippen molar-refractivity contribution in [2.45, 2.75) is 6.42 Å². The molecule has 5 nitrogen and oxygen atoms in total. The maximum absolute atomic E-state index is 13.4. The van der Waals surface area contributed by atoms with Crippen LogP contribution in [-0.4, -0.2) is 21.6 Å². The van der Waals surface area contributed by atoms with Crippen molar-refractivity contribution >= 4 is 23.1 Å². The predicted molar refractivity (Wildman–Crippen MR) is 81.1 cm³/mol. The molecule has 0 unspecified atom stereocenters. The third kappa shape index (κ3) is 4.19. The summed E-state index contributed by atoms with van der Waals surface area (Å²) in [6.45, 7) is 0.425. The summed E-state index contributed by atoms with van der Waals surface area (Å²) in [5, 5.41) is 15.0. The zero-order valence-corrected chi connectivity index (χ0v) is 11.8. The number of pyridine rings is 2. The summed E-state index contributed by atoms with van der Waals surface area (Å²) >= 11 is 5.11. The lowest BCUT2D eigenvalue weighted by Gasteiger charge is -2.10. The summed E-state index contributed by atoms with van der Waals surface area (Å²) in [6.07, 6.45) is 3.51. The van der Waals surface area contributed by atoms with Crippen LogP contribution in [0.25, 0.3) is 0 Å². The van der Waals surface area contributed by atoms with Gasteiger partial charge in [0.2, 0.25) is 0 Å². The molecule has 0 saturated carbocycles. The minimum atomic E-state index is -0.338. The van der Waals surface area contributed by atoms with Gasteiger partial charge in [-0.05, 0) is 36.5 Å². The molecule has 0 bridgehead atoms. The van der Waals surface area contributed by atoms with Gasteiger partial charge in [0.1, 0.15) is 17.7 Å². The van der Waals surface area contributed by atoms with Gasteiger partial charge in [0.05, 0.1) is 11.3 Å². The van der Waals surface area contributed by atoms with Gasteiger partial charge in [-0.1, -0.05) is 0 Å². The van der Waals surface area contributed by atoms with E-state index in [4.69, 9.17) is 17.5 Å². The van der Waals surface area contributed by atoms with Crippen LogP contribution in [0.5, 0.6) is 0 Å². The minimum absolute atomic E-state index is 0.321. The van der Waals surface area contributed by atoms with Gasteiger partial charge >= 0.3 is 0 Å². The summed E-state index contributed by atoms with van der Waals surface area (Å²) in [6, 6.07) is 8.24. The van der Waals surface area contributed by atoms with E-state index in [2.05, 4.69) is 20.6 Å². The van der Waals surface area contributed by atoms with Gasteiger partial charge in [-0.25, -0.2) is 9.37 Å². The summed E-state index contributed by atoms with van der Waals surface area (Å²) < 4.78 is 13.4. The van der Waals surface area contributed by atoms with Gasteiger partial charge in [0.25, 0.3) is 0 Å². The molecule has 21 heavy (non-hydrogen) atoms. The Hall–Kier alpha value is -2.59. The van der Waals surface area contributed by atoms with Crippen LogP contribution in [-0.2, 0) is 6.42 Å². The van der Waals surface area contributed by atoms with Crippen LogP contribution in [0.1, 0.15) is 11.3 Å². The van der Waals surface area contributed by atoms with Crippen LogP contribution in [0, 0.1) is 17.1 Å². The van der Waals surface area contributed by atoms with Crippen molar-refractivity contribution in [3.63, 3.8) is 0 Å². The van der Waals surface area contributed by atoms with Crippen molar-refractivity contribution in [3.8, 4) is 6.07 Å². The number of hydrogen-bond donors (Lipinski definition) is 2. The van der Waals surface area contributed by atoms with Crippen molar-refractivity contribution in [2.24, 2.45) is 0 Å². The normalized spacial score (nSPS) is 9.71. The van der Waals surface area contributed by atoms with E-state index < -0.39 is 0 Å². The Bertz CT molecular complexity index is 683. The SMILES string of the molecule is N#Cc1cccnc1NC(=S)NCCc1ncccc1F. The fraction of sp³-hybridized carbons (Fsp3) is 0.143. The maximum atomic E-state index is 13.4. The zero-order valence-electron chi connectivity index (χ0n) is 11.0. The Kier molecular flexibility index (Phi) is 5.12. The van der Waals surface area contributed by atoms with Crippen LogP contribution < -0.4 is 10.6 Å². The van der Waals surface area contributed by atoms with Crippen molar-refractivity contribution in [1.82, 2.24) is 15.3 Å². The molecule has 0 aromatic carbocycles. The molecule has 2 rings (SSSR count). The number of nitrogens with zero attached hydrogens (tertiary/aromatic N) is 3. The Balaban J connectivity index is 1.86. The van der Waals surface area contributed by atoms with Gasteiger partial charge in [0.15, 0.2) is 5.11 Å². The van der Waals surface area contributed by atoms with Crippen LogP contribution in [0.15, 0.2) is 36.7 Å². The highest BCUT2D eigenvalue weighted by Gasteiger charge is 2.05. The lowest BCUT2D eigenvalue weighted by atomic mass is 10.2. The Labute approximate surface area is 126 Å². The fourth-order valence-corrected chi connectivity index (χ4v) is 1.84. The van der Waals surface area contributed by atoms with E-state index in [1.807, 2.05) is 6.07 Å². The van der Waals surface area contributed by atoms with E-state index >= 15 is 0 Å². The summed E-state index contributed by atoms with van der Waals surface area (Å²) in [7, 11) is 0. The number of nitriles is 1. The molecule has 0 amide bonds. The summed E-state index contributed by atoms with van der Waals surface area (Å²) in [5.41, 5.74) is 0.778. The molecular formula is C14H12FN5S. The molecule has 2 aromatic heterocycles. The second kappa shape index (κ2) is 7.26. The topological polar surface area (TPSA) is 73.6 Å². The molecule has 0 radical (unpaired) electrons. The molecule has 0 atom stereocenters. The van der Waals surface area contributed by atoms with Gasteiger partial charge in [-0.3, -0.25) is 4.98 Å². The van der Waals surface area contributed by atoms with Crippen molar-refractivity contribution in [3.05, 3.63) is 53.7 Å². The van der Waals surface area contributed by atoms with Crippen molar-refractivity contribution in [2.75, 3.05) is 11.9 Å². The Morgan fingerprint density at radius 2 is 2.05 bits per heavy atom. The van der Waals surface area contributed by atoms with Crippen LogP contribution in [0.2, 0.25) is 0 Å². The largest absolute Gasteiger partial charge is 0.362 e. The molecule has 2 heterocycles. The third-order valence-electron chi connectivity index (χ3n) is 2.64. The average Bonchev–Trinajstić information content (AvgIpc) is 2.50. The second-order valence-electron chi connectivity index (χ2n) is 4.07. The highest BCUT2D eigenvalue weighted by atomic mass is 32.1. The Morgan fingerprint density at radius 3 is 2.81 bits per heavy atom. The van der Waals surface area contributed by atoms with E-state index in [0.717, 1.165) is 0 Å². The van der Waals surface area contributed by atoms with E-state index in [9.17, 15) is 4.39 Å². The predicted octanol–water partition coefficient (Wildman–Crippen LogP) is 2.02. The number of halogens is 1. The van der Waals surface area contributed by atoms with E-state index in [-0.39, 0.29) is 5.82 Å². The fourth-order valence-electron chi connectivity index (χ4n) is 1.64. The highest BCUT2D eigenvalue weighted by molar-refractivity contribution is 7.80. The smallest absolute Gasteiger partial charge is 0.171 e. The zero-order chi connectivity index (χ0) is 15.1. The van der Waals surface area contributed by atoms with Gasteiger partial charge in [-0.2, -0.15) is 5.26 Å². The first-order chi connectivity index (χ1) is 10.2. The van der Waals surface area contributed by atoms with Crippen molar-refractivity contribution in [1.29, 1.82) is 5.26 Å². The molecular weight excluding hydrogens is 289 g/mol. The van der Waals surface area contributed by atoms with Crippen LogP contribution in [0.4, 0.5) is 10.2 Å². The molecule has 7 heteroatoms. The standard InChI is InChI=1S/C14H12FN5S/c15-11-4-2-6-17-12(11)5-8-19-14(21)20-13-10(9-16)3-1-7-18-13/h1-4,6-7H,5,8H2,(H2,18,19,20,21). The molecule has 0 aliphatic heterocycles. The van der Waals surface area contributed by atoms with Gasteiger partial charge < -0.3 is 10.6 Å².